The van der Waals surface area contributed by atoms with E-state index in [9.17, 15) is 14.4 Å². The minimum atomic E-state index is -0.580. The number of para-hydroxylation sites is 1. The lowest BCUT2D eigenvalue weighted by Gasteiger charge is -2.10. The van der Waals surface area contributed by atoms with Gasteiger partial charge >= 0.3 is 5.97 Å². The molecule has 0 spiro atoms. The molecule has 180 valence electrons. The van der Waals surface area contributed by atoms with E-state index in [-0.39, 0.29) is 23.1 Å². The summed E-state index contributed by atoms with van der Waals surface area (Å²) in [6.07, 6.45) is 0. The molecule has 0 radical (unpaired) electrons. The summed E-state index contributed by atoms with van der Waals surface area (Å²) < 4.78 is 5.22. The highest BCUT2D eigenvalue weighted by atomic mass is 32.1. The van der Waals surface area contributed by atoms with Gasteiger partial charge < -0.3 is 15.0 Å². The van der Waals surface area contributed by atoms with Gasteiger partial charge in [-0.3, -0.25) is 9.59 Å². The summed E-state index contributed by atoms with van der Waals surface area (Å²) in [6.45, 7) is 5.59. The maximum absolute atomic E-state index is 13.6. The lowest BCUT2D eigenvalue weighted by Crippen LogP contribution is -2.21. The fourth-order valence-corrected chi connectivity index (χ4v) is 5.73. The molecule has 3 aromatic heterocycles. The number of anilines is 1. The number of aromatic nitrogens is 1. The van der Waals surface area contributed by atoms with Gasteiger partial charge in [-0.25, -0.2) is 9.78 Å². The first-order valence-corrected chi connectivity index (χ1v) is 12.6. The molecular weight excluding hydrogens is 482 g/mol. The first-order chi connectivity index (χ1) is 16.7. The highest BCUT2D eigenvalue weighted by molar-refractivity contribution is 7.18. The standard InChI is InChI=1S/C26H25N3O4S2/c1-6-33-26(32)21-15(3)22(25(31)29(4)5)35-24(21)28-23(30)17-13-19(20-12-11-14(2)34-20)27-18-10-8-7-9-16(17)18/h7-13H,6H2,1-5H3,(H,28,30). The Labute approximate surface area is 211 Å². The van der Waals surface area contributed by atoms with Gasteiger partial charge in [-0.2, -0.15) is 0 Å². The van der Waals surface area contributed by atoms with Crippen LogP contribution in [-0.4, -0.2) is 48.4 Å². The van der Waals surface area contributed by atoms with Crippen LogP contribution in [0, 0.1) is 13.8 Å². The Bertz CT molecular complexity index is 1450. The van der Waals surface area contributed by atoms with E-state index in [0.29, 0.717) is 32.6 Å². The van der Waals surface area contributed by atoms with E-state index in [2.05, 4.69) is 5.32 Å². The number of fused-ring (bicyclic) bond motifs is 1. The number of carbonyl (C=O) groups excluding carboxylic acids is 3. The number of esters is 1. The molecule has 7 nitrogen and oxygen atoms in total. The number of hydrogen-bond acceptors (Lipinski definition) is 7. The molecule has 2 amide bonds. The zero-order valence-corrected chi connectivity index (χ0v) is 21.7. The molecule has 0 unspecified atom stereocenters. The van der Waals surface area contributed by atoms with Gasteiger partial charge in [0.1, 0.15) is 5.00 Å². The van der Waals surface area contributed by atoms with Crippen LogP contribution in [0.2, 0.25) is 0 Å². The summed E-state index contributed by atoms with van der Waals surface area (Å²) >= 11 is 2.67. The van der Waals surface area contributed by atoms with Crippen LogP contribution in [-0.2, 0) is 4.74 Å². The van der Waals surface area contributed by atoms with Gasteiger partial charge in [0.15, 0.2) is 0 Å². The van der Waals surface area contributed by atoms with Crippen LogP contribution in [0.3, 0.4) is 0 Å². The van der Waals surface area contributed by atoms with Crippen molar-refractivity contribution in [3.63, 3.8) is 0 Å². The zero-order valence-electron chi connectivity index (χ0n) is 20.1. The molecule has 0 atom stereocenters. The van der Waals surface area contributed by atoms with Gasteiger partial charge in [-0.1, -0.05) is 18.2 Å². The summed E-state index contributed by atoms with van der Waals surface area (Å²) in [5, 5.41) is 3.86. The normalized spacial score (nSPS) is 10.9. The summed E-state index contributed by atoms with van der Waals surface area (Å²) in [4.78, 5) is 47.7. The van der Waals surface area contributed by atoms with Crippen molar-refractivity contribution in [3.05, 3.63) is 68.9 Å². The average Bonchev–Trinajstić information content (AvgIpc) is 3.40. The highest BCUT2D eigenvalue weighted by Gasteiger charge is 2.28. The van der Waals surface area contributed by atoms with Crippen LogP contribution in [0.25, 0.3) is 21.5 Å². The number of amides is 2. The van der Waals surface area contributed by atoms with Crippen LogP contribution in [0.5, 0.6) is 0 Å². The third-order valence-corrected chi connectivity index (χ3v) is 7.63. The Hall–Kier alpha value is -3.56. The molecule has 4 rings (SSSR count). The second kappa shape index (κ2) is 9.97. The fourth-order valence-electron chi connectivity index (χ4n) is 3.69. The largest absolute Gasteiger partial charge is 0.462 e. The van der Waals surface area contributed by atoms with E-state index >= 15 is 0 Å². The number of rotatable bonds is 6. The van der Waals surface area contributed by atoms with Crippen LogP contribution < -0.4 is 5.32 Å². The van der Waals surface area contributed by atoms with E-state index in [1.807, 2.05) is 43.3 Å². The van der Waals surface area contributed by atoms with Crippen molar-refractivity contribution in [1.29, 1.82) is 0 Å². The van der Waals surface area contributed by atoms with Crippen molar-refractivity contribution in [1.82, 2.24) is 9.88 Å². The first kappa shape index (κ1) is 24.6. The molecule has 0 saturated carbocycles. The Morgan fingerprint density at radius 1 is 1.06 bits per heavy atom. The monoisotopic (exact) mass is 507 g/mol. The molecule has 4 aromatic rings. The van der Waals surface area contributed by atoms with E-state index in [4.69, 9.17) is 9.72 Å². The number of pyridine rings is 1. The molecule has 3 heterocycles. The number of hydrogen-bond donors (Lipinski definition) is 1. The lowest BCUT2D eigenvalue weighted by atomic mass is 10.1. The lowest BCUT2D eigenvalue weighted by molar-refractivity contribution is 0.0527. The number of benzene rings is 1. The Morgan fingerprint density at radius 3 is 2.46 bits per heavy atom. The Morgan fingerprint density at radius 2 is 1.80 bits per heavy atom. The molecule has 1 N–H and O–H groups in total. The summed E-state index contributed by atoms with van der Waals surface area (Å²) in [5.41, 5.74) is 2.50. The predicted octanol–water partition coefficient (Wildman–Crippen LogP) is 5.77. The van der Waals surface area contributed by atoms with Crippen LogP contribution in [0.1, 0.15) is 47.8 Å². The molecule has 1 aromatic carbocycles. The minimum Gasteiger partial charge on any atom is -0.462 e. The molecule has 0 aliphatic heterocycles. The van der Waals surface area contributed by atoms with E-state index in [0.717, 1.165) is 21.1 Å². The number of aryl methyl sites for hydroxylation is 1. The molecular formula is C26H25N3O4S2. The van der Waals surface area contributed by atoms with Gasteiger partial charge in [-0.05, 0) is 50.6 Å². The van der Waals surface area contributed by atoms with E-state index in [1.54, 1.807) is 45.3 Å². The summed E-state index contributed by atoms with van der Waals surface area (Å²) in [5.74, 6) is -1.22. The van der Waals surface area contributed by atoms with E-state index in [1.165, 1.54) is 4.90 Å². The Kier molecular flexibility index (Phi) is 7.00. The van der Waals surface area contributed by atoms with Gasteiger partial charge in [0.25, 0.3) is 11.8 Å². The van der Waals surface area contributed by atoms with Crippen molar-refractivity contribution in [3.8, 4) is 10.6 Å². The number of nitrogens with one attached hydrogen (secondary N) is 1. The quantitative estimate of drug-likeness (QED) is 0.335. The van der Waals surface area contributed by atoms with Crippen LogP contribution in [0.4, 0.5) is 5.00 Å². The van der Waals surface area contributed by atoms with Crippen LogP contribution >= 0.6 is 22.7 Å². The minimum absolute atomic E-state index is 0.178. The van der Waals surface area contributed by atoms with Crippen LogP contribution in [0.15, 0.2) is 42.5 Å². The topological polar surface area (TPSA) is 88.6 Å². The molecule has 35 heavy (non-hydrogen) atoms. The number of ether oxygens (including phenoxy) is 1. The third-order valence-electron chi connectivity index (χ3n) is 5.41. The third kappa shape index (κ3) is 4.82. The summed E-state index contributed by atoms with van der Waals surface area (Å²) in [6, 6.07) is 13.2. The Balaban J connectivity index is 1.81. The van der Waals surface area contributed by atoms with Crippen molar-refractivity contribution >= 4 is 56.4 Å². The average molecular weight is 508 g/mol. The number of carbonyl (C=O) groups is 3. The van der Waals surface area contributed by atoms with E-state index < -0.39 is 11.9 Å². The highest BCUT2D eigenvalue weighted by Crippen LogP contribution is 2.36. The molecule has 0 aliphatic carbocycles. The second-order valence-corrected chi connectivity index (χ2v) is 10.4. The fraction of sp³-hybridized carbons (Fsp3) is 0.231. The maximum Gasteiger partial charge on any atom is 0.341 e. The van der Waals surface area contributed by atoms with Crippen molar-refractivity contribution in [2.45, 2.75) is 20.8 Å². The molecule has 0 aliphatic rings. The number of thiophene rings is 2. The van der Waals surface area contributed by atoms with Gasteiger partial charge in [-0.15, -0.1) is 22.7 Å². The van der Waals surface area contributed by atoms with Gasteiger partial charge in [0.2, 0.25) is 0 Å². The molecule has 0 saturated heterocycles. The molecule has 0 bridgehead atoms. The second-order valence-electron chi connectivity index (χ2n) is 8.12. The van der Waals surface area contributed by atoms with Crippen molar-refractivity contribution in [2.75, 3.05) is 26.0 Å². The van der Waals surface area contributed by atoms with Crippen molar-refractivity contribution in [2.24, 2.45) is 0 Å². The molecule has 9 heteroatoms. The summed E-state index contributed by atoms with van der Waals surface area (Å²) in [7, 11) is 3.28. The SMILES string of the molecule is CCOC(=O)c1c(NC(=O)c2cc(-c3ccc(C)s3)nc3ccccc23)sc(C(=O)N(C)C)c1C. The molecule has 0 fully saturated rings. The maximum atomic E-state index is 13.6. The van der Waals surface area contributed by atoms with Gasteiger partial charge in [0, 0.05) is 24.4 Å². The smallest absolute Gasteiger partial charge is 0.341 e. The zero-order chi connectivity index (χ0) is 25.3. The van der Waals surface area contributed by atoms with Crippen molar-refractivity contribution < 1.29 is 19.1 Å². The number of nitrogens with zero attached hydrogens (tertiary/aromatic N) is 2. The first-order valence-electron chi connectivity index (χ1n) is 11.0. The predicted molar refractivity (Wildman–Crippen MR) is 141 cm³/mol. The van der Waals surface area contributed by atoms with Gasteiger partial charge in [0.05, 0.1) is 38.7 Å².